The van der Waals surface area contributed by atoms with Crippen LogP contribution in [0.4, 0.5) is 10.5 Å². The fraction of sp³-hybridized carbons (Fsp3) is 0.261. The van der Waals surface area contributed by atoms with Gasteiger partial charge in [-0.25, -0.2) is 4.79 Å². The number of hydrogen-bond acceptors (Lipinski definition) is 4. The Hall–Kier alpha value is -3.81. The van der Waals surface area contributed by atoms with Gasteiger partial charge in [-0.15, -0.1) is 0 Å². The molecule has 1 fully saturated rings. The number of benzene rings is 2. The number of carbonyl (C=O) groups is 3. The SMILES string of the molecule is COc1ccccc1CCN1C(=O)NC(CCC(=O)Nc2ccc3cc[nH]c3c2)C1=O. The third kappa shape index (κ3) is 4.53. The lowest BCUT2D eigenvalue weighted by molar-refractivity contribution is -0.127. The first-order valence-electron chi connectivity index (χ1n) is 10.2. The molecule has 0 saturated carbocycles. The second kappa shape index (κ2) is 8.91. The average molecular weight is 420 g/mol. The Kier molecular flexibility index (Phi) is 5.88. The number of aromatic amines is 1. The fourth-order valence-corrected chi connectivity index (χ4v) is 3.75. The van der Waals surface area contributed by atoms with Gasteiger partial charge in [0, 0.05) is 30.4 Å². The third-order valence-corrected chi connectivity index (χ3v) is 5.40. The molecule has 1 aromatic heterocycles. The minimum absolute atomic E-state index is 0.125. The van der Waals surface area contributed by atoms with Gasteiger partial charge in [0.05, 0.1) is 7.11 Å². The zero-order chi connectivity index (χ0) is 21.8. The third-order valence-electron chi connectivity index (χ3n) is 5.40. The number of hydrogen-bond donors (Lipinski definition) is 3. The van der Waals surface area contributed by atoms with Crippen molar-refractivity contribution in [2.75, 3.05) is 19.0 Å². The highest BCUT2D eigenvalue weighted by Gasteiger charge is 2.37. The first-order chi connectivity index (χ1) is 15.0. The molecule has 3 aromatic rings. The molecule has 4 amide bonds. The summed E-state index contributed by atoms with van der Waals surface area (Å²) < 4.78 is 5.32. The second-order valence-corrected chi connectivity index (χ2v) is 7.42. The number of urea groups is 1. The molecule has 0 aliphatic carbocycles. The number of ether oxygens (including phenoxy) is 1. The van der Waals surface area contributed by atoms with Gasteiger partial charge in [0.15, 0.2) is 0 Å². The maximum absolute atomic E-state index is 12.7. The van der Waals surface area contributed by atoms with Gasteiger partial charge in [-0.2, -0.15) is 0 Å². The predicted molar refractivity (Wildman–Crippen MR) is 117 cm³/mol. The maximum atomic E-state index is 12.7. The molecule has 31 heavy (non-hydrogen) atoms. The number of amides is 4. The van der Waals surface area contributed by atoms with E-state index in [0.29, 0.717) is 12.1 Å². The van der Waals surface area contributed by atoms with Gasteiger partial charge in [0.2, 0.25) is 5.91 Å². The normalized spacial score (nSPS) is 15.9. The van der Waals surface area contributed by atoms with Crippen LogP contribution in [0.1, 0.15) is 18.4 Å². The maximum Gasteiger partial charge on any atom is 0.324 e. The van der Waals surface area contributed by atoms with Crippen molar-refractivity contribution >= 4 is 34.4 Å². The van der Waals surface area contributed by atoms with Gasteiger partial charge in [0.25, 0.3) is 5.91 Å². The van der Waals surface area contributed by atoms with Gasteiger partial charge < -0.3 is 20.4 Å². The highest BCUT2D eigenvalue weighted by atomic mass is 16.5. The van der Waals surface area contributed by atoms with Crippen LogP contribution in [-0.4, -0.2) is 47.4 Å². The molecule has 2 aromatic carbocycles. The summed E-state index contributed by atoms with van der Waals surface area (Å²) in [6.45, 7) is 0.254. The average Bonchev–Trinajstić information content (AvgIpc) is 3.34. The van der Waals surface area contributed by atoms with Crippen LogP contribution in [0, 0.1) is 0 Å². The molecular weight excluding hydrogens is 396 g/mol. The summed E-state index contributed by atoms with van der Waals surface area (Å²) in [7, 11) is 1.59. The molecule has 8 nitrogen and oxygen atoms in total. The highest BCUT2D eigenvalue weighted by Crippen LogP contribution is 2.20. The first kappa shape index (κ1) is 20.5. The minimum atomic E-state index is -0.693. The fourth-order valence-electron chi connectivity index (χ4n) is 3.75. The van der Waals surface area contributed by atoms with E-state index in [1.54, 1.807) is 7.11 Å². The Bertz CT molecular complexity index is 1120. The lowest BCUT2D eigenvalue weighted by Gasteiger charge is -2.14. The molecule has 4 rings (SSSR count). The molecule has 8 heteroatoms. The van der Waals surface area contributed by atoms with Gasteiger partial charge >= 0.3 is 6.03 Å². The number of aromatic nitrogens is 1. The Morgan fingerprint density at radius 2 is 2.00 bits per heavy atom. The molecule has 1 unspecified atom stereocenters. The van der Waals surface area contributed by atoms with E-state index in [0.717, 1.165) is 22.2 Å². The van der Waals surface area contributed by atoms with Gasteiger partial charge in [-0.1, -0.05) is 24.3 Å². The Balaban J connectivity index is 1.29. The lowest BCUT2D eigenvalue weighted by Crippen LogP contribution is -2.33. The van der Waals surface area contributed by atoms with Crippen molar-refractivity contribution in [2.24, 2.45) is 0 Å². The first-order valence-corrected chi connectivity index (χ1v) is 10.2. The van der Waals surface area contributed by atoms with Gasteiger partial charge in [-0.05, 0) is 48.1 Å². The molecule has 1 aliphatic heterocycles. The molecule has 0 spiro atoms. The quantitative estimate of drug-likeness (QED) is 0.487. The standard InChI is InChI=1S/C23H24N4O4/c1-31-20-5-3-2-4-16(20)11-13-27-22(29)18(26-23(27)30)8-9-21(28)25-17-7-6-15-10-12-24-19(15)14-17/h2-7,10,12,14,18,24H,8-9,11,13H2,1H3,(H,25,28)(H,26,30). The summed E-state index contributed by atoms with van der Waals surface area (Å²) in [6, 6.07) is 13.9. The summed E-state index contributed by atoms with van der Waals surface area (Å²) in [5, 5.41) is 6.57. The predicted octanol–water partition coefficient (Wildman–Crippen LogP) is 3.06. The highest BCUT2D eigenvalue weighted by molar-refractivity contribution is 6.04. The van der Waals surface area contributed by atoms with E-state index in [1.165, 1.54) is 4.90 Å². The summed E-state index contributed by atoms with van der Waals surface area (Å²) in [5.41, 5.74) is 2.54. The van der Waals surface area contributed by atoms with Crippen LogP contribution < -0.4 is 15.4 Å². The van der Waals surface area contributed by atoms with Crippen molar-refractivity contribution in [1.29, 1.82) is 0 Å². The Morgan fingerprint density at radius 3 is 2.84 bits per heavy atom. The monoisotopic (exact) mass is 420 g/mol. The second-order valence-electron chi connectivity index (χ2n) is 7.42. The van der Waals surface area contributed by atoms with Crippen molar-refractivity contribution in [3.8, 4) is 5.75 Å². The van der Waals surface area contributed by atoms with Gasteiger partial charge in [-0.3, -0.25) is 14.5 Å². The molecule has 1 saturated heterocycles. The number of fused-ring (bicyclic) bond motifs is 1. The van der Waals surface area contributed by atoms with Crippen molar-refractivity contribution in [3.05, 3.63) is 60.3 Å². The molecular formula is C23H24N4O4. The molecule has 0 radical (unpaired) electrons. The number of carbonyl (C=O) groups excluding carboxylic acids is 3. The smallest absolute Gasteiger partial charge is 0.324 e. The number of H-pyrrole nitrogens is 1. The van der Waals surface area contributed by atoms with Crippen LogP contribution in [0.25, 0.3) is 10.9 Å². The number of nitrogens with zero attached hydrogens (tertiary/aromatic N) is 1. The van der Waals surface area contributed by atoms with Crippen molar-refractivity contribution in [3.63, 3.8) is 0 Å². The minimum Gasteiger partial charge on any atom is -0.496 e. The largest absolute Gasteiger partial charge is 0.496 e. The molecule has 2 heterocycles. The van der Waals surface area contributed by atoms with E-state index >= 15 is 0 Å². The van der Waals surface area contributed by atoms with E-state index in [9.17, 15) is 14.4 Å². The number of rotatable bonds is 8. The van der Waals surface area contributed by atoms with Crippen molar-refractivity contribution in [1.82, 2.24) is 15.2 Å². The molecule has 1 atom stereocenters. The van der Waals surface area contributed by atoms with Gasteiger partial charge in [0.1, 0.15) is 11.8 Å². The van der Waals surface area contributed by atoms with Crippen LogP contribution in [0.3, 0.4) is 0 Å². The number of imide groups is 1. The van der Waals surface area contributed by atoms with Crippen LogP contribution in [-0.2, 0) is 16.0 Å². The Labute approximate surface area is 179 Å². The van der Waals surface area contributed by atoms with Crippen LogP contribution in [0.15, 0.2) is 54.7 Å². The Morgan fingerprint density at radius 1 is 1.16 bits per heavy atom. The lowest BCUT2D eigenvalue weighted by atomic mass is 10.1. The summed E-state index contributed by atoms with van der Waals surface area (Å²) in [6.07, 6.45) is 2.70. The zero-order valence-corrected chi connectivity index (χ0v) is 17.2. The number of para-hydroxylation sites is 1. The van der Waals surface area contributed by atoms with Crippen molar-refractivity contribution < 1.29 is 19.1 Å². The zero-order valence-electron chi connectivity index (χ0n) is 17.2. The molecule has 0 bridgehead atoms. The number of methoxy groups -OCH3 is 1. The van der Waals surface area contributed by atoms with E-state index in [4.69, 9.17) is 4.74 Å². The summed E-state index contributed by atoms with van der Waals surface area (Å²) >= 11 is 0. The summed E-state index contributed by atoms with van der Waals surface area (Å²) in [4.78, 5) is 41.5. The van der Waals surface area contributed by atoms with Crippen LogP contribution >= 0.6 is 0 Å². The topological polar surface area (TPSA) is 104 Å². The molecule has 1 aliphatic rings. The number of nitrogens with one attached hydrogen (secondary N) is 3. The van der Waals surface area contributed by atoms with E-state index in [1.807, 2.05) is 54.7 Å². The summed E-state index contributed by atoms with van der Waals surface area (Å²) in [5.74, 6) is 0.209. The van der Waals surface area contributed by atoms with Crippen molar-refractivity contribution in [2.45, 2.75) is 25.3 Å². The number of anilines is 1. The molecule has 160 valence electrons. The molecule has 3 N–H and O–H groups in total. The van der Waals surface area contributed by atoms with E-state index in [2.05, 4.69) is 15.6 Å². The van der Waals surface area contributed by atoms with E-state index in [-0.39, 0.29) is 31.2 Å². The van der Waals surface area contributed by atoms with E-state index < -0.39 is 12.1 Å². The van der Waals surface area contributed by atoms with Crippen LogP contribution in [0.2, 0.25) is 0 Å². The van der Waals surface area contributed by atoms with Crippen LogP contribution in [0.5, 0.6) is 5.75 Å².